The van der Waals surface area contributed by atoms with Gasteiger partial charge in [0.05, 0.1) is 13.5 Å². The molecule has 13 heavy (non-hydrogen) atoms. The van der Waals surface area contributed by atoms with Gasteiger partial charge >= 0.3 is 5.97 Å². The lowest BCUT2D eigenvalue weighted by Crippen LogP contribution is -2.31. The Morgan fingerprint density at radius 3 is 2.46 bits per heavy atom. The van der Waals surface area contributed by atoms with Crippen LogP contribution in [0.4, 0.5) is 0 Å². The van der Waals surface area contributed by atoms with E-state index < -0.39 is 0 Å². The molecule has 0 unspecified atom stereocenters. The molecule has 0 atom stereocenters. The third kappa shape index (κ3) is 5.19. The lowest BCUT2D eigenvalue weighted by atomic mass is 10.3. The van der Waals surface area contributed by atoms with E-state index in [9.17, 15) is 9.59 Å². The first-order chi connectivity index (χ1) is 6.11. The molecule has 0 saturated carbocycles. The van der Waals surface area contributed by atoms with Gasteiger partial charge < -0.3 is 15.4 Å². The summed E-state index contributed by atoms with van der Waals surface area (Å²) in [6.45, 7) is 0.945. The number of carbonyl (C=O) groups excluding carboxylic acids is 2. The molecule has 0 aliphatic rings. The highest BCUT2D eigenvalue weighted by atomic mass is 16.5. The highest BCUT2D eigenvalue weighted by Gasteiger charge is 2.10. The molecule has 0 saturated heterocycles. The summed E-state index contributed by atoms with van der Waals surface area (Å²) in [7, 11) is 2.96. The zero-order chi connectivity index (χ0) is 10.3. The fourth-order valence-corrected chi connectivity index (χ4v) is 0.820. The number of esters is 1. The minimum absolute atomic E-state index is 0.0872. The monoisotopic (exact) mass is 188 g/mol. The molecular formula is C8H16N2O3. The van der Waals surface area contributed by atoms with Crippen LogP contribution >= 0.6 is 0 Å². The number of hydrogen-bond donors (Lipinski definition) is 1. The zero-order valence-electron chi connectivity index (χ0n) is 8.08. The first kappa shape index (κ1) is 11.9. The second-order valence-electron chi connectivity index (χ2n) is 2.68. The Kier molecular flexibility index (Phi) is 5.88. The fraction of sp³-hybridized carbons (Fsp3) is 0.750. The standard InChI is InChI=1S/C8H16N2O3/c1-10(6-5-9)7(11)3-4-8(12)13-2/h3-6,9H2,1-2H3. The average Bonchev–Trinajstić information content (AvgIpc) is 2.13. The molecule has 0 radical (unpaired) electrons. The Morgan fingerprint density at radius 1 is 1.38 bits per heavy atom. The van der Waals surface area contributed by atoms with Crippen molar-refractivity contribution in [2.24, 2.45) is 5.73 Å². The molecular weight excluding hydrogens is 172 g/mol. The normalized spacial score (nSPS) is 9.46. The van der Waals surface area contributed by atoms with Crippen molar-refractivity contribution in [1.82, 2.24) is 4.90 Å². The number of methoxy groups -OCH3 is 1. The average molecular weight is 188 g/mol. The number of rotatable bonds is 5. The second kappa shape index (κ2) is 6.42. The van der Waals surface area contributed by atoms with Gasteiger partial charge in [0.2, 0.25) is 5.91 Å². The van der Waals surface area contributed by atoms with Gasteiger partial charge in [0.1, 0.15) is 0 Å². The number of nitrogens with zero attached hydrogens (tertiary/aromatic N) is 1. The van der Waals surface area contributed by atoms with Crippen LogP contribution in [0.1, 0.15) is 12.8 Å². The van der Waals surface area contributed by atoms with Crippen LogP contribution in [-0.4, -0.2) is 44.0 Å². The number of carbonyl (C=O) groups is 2. The lowest BCUT2D eigenvalue weighted by Gasteiger charge is -2.15. The van der Waals surface area contributed by atoms with Crippen LogP contribution < -0.4 is 5.73 Å². The van der Waals surface area contributed by atoms with Crippen LogP contribution in [0, 0.1) is 0 Å². The van der Waals surface area contributed by atoms with Crippen molar-refractivity contribution in [1.29, 1.82) is 0 Å². The van der Waals surface area contributed by atoms with Gasteiger partial charge in [-0.2, -0.15) is 0 Å². The van der Waals surface area contributed by atoms with Crippen LogP contribution in [0.3, 0.4) is 0 Å². The fourth-order valence-electron chi connectivity index (χ4n) is 0.820. The first-order valence-electron chi connectivity index (χ1n) is 4.12. The molecule has 0 aliphatic carbocycles. The summed E-state index contributed by atoms with van der Waals surface area (Å²) < 4.78 is 4.41. The van der Waals surface area contributed by atoms with Gasteiger partial charge in [0.25, 0.3) is 0 Å². The van der Waals surface area contributed by atoms with Crippen molar-refractivity contribution in [3.05, 3.63) is 0 Å². The summed E-state index contributed by atoms with van der Waals surface area (Å²) in [5.74, 6) is -0.453. The quantitative estimate of drug-likeness (QED) is 0.582. The third-order valence-corrected chi connectivity index (χ3v) is 1.66. The Bertz CT molecular complexity index is 182. The maximum Gasteiger partial charge on any atom is 0.306 e. The van der Waals surface area contributed by atoms with Crippen molar-refractivity contribution in [2.75, 3.05) is 27.2 Å². The smallest absolute Gasteiger partial charge is 0.306 e. The highest BCUT2D eigenvalue weighted by molar-refractivity contribution is 5.81. The Hall–Kier alpha value is -1.10. The van der Waals surface area contributed by atoms with E-state index in [2.05, 4.69) is 4.74 Å². The predicted molar refractivity (Wildman–Crippen MR) is 47.9 cm³/mol. The van der Waals surface area contributed by atoms with E-state index in [4.69, 9.17) is 5.73 Å². The second-order valence-corrected chi connectivity index (χ2v) is 2.68. The van der Waals surface area contributed by atoms with Gasteiger partial charge in [0.15, 0.2) is 0 Å². The highest BCUT2D eigenvalue weighted by Crippen LogP contribution is 1.96. The van der Waals surface area contributed by atoms with Crippen LogP contribution in [0.5, 0.6) is 0 Å². The van der Waals surface area contributed by atoms with Gasteiger partial charge in [-0.15, -0.1) is 0 Å². The molecule has 0 bridgehead atoms. The summed E-state index contributed by atoms with van der Waals surface area (Å²) in [4.78, 5) is 23.4. The van der Waals surface area contributed by atoms with E-state index in [1.165, 1.54) is 12.0 Å². The number of nitrogens with two attached hydrogens (primary N) is 1. The van der Waals surface area contributed by atoms with E-state index in [-0.39, 0.29) is 24.7 Å². The van der Waals surface area contributed by atoms with Crippen LogP contribution in [-0.2, 0) is 14.3 Å². The van der Waals surface area contributed by atoms with Gasteiger partial charge in [-0.3, -0.25) is 9.59 Å². The molecule has 0 spiro atoms. The van der Waals surface area contributed by atoms with Crippen molar-refractivity contribution >= 4 is 11.9 Å². The van der Waals surface area contributed by atoms with Crippen LogP contribution in [0.25, 0.3) is 0 Å². The third-order valence-electron chi connectivity index (χ3n) is 1.66. The van der Waals surface area contributed by atoms with E-state index in [0.29, 0.717) is 13.1 Å². The maximum atomic E-state index is 11.2. The largest absolute Gasteiger partial charge is 0.469 e. The summed E-state index contributed by atoms with van der Waals surface area (Å²) in [5.41, 5.74) is 5.26. The lowest BCUT2D eigenvalue weighted by molar-refractivity contribution is -0.143. The summed E-state index contributed by atoms with van der Waals surface area (Å²) in [5, 5.41) is 0. The Labute approximate surface area is 77.8 Å². The molecule has 1 amide bonds. The van der Waals surface area contributed by atoms with Gasteiger partial charge in [-0.25, -0.2) is 0 Å². The van der Waals surface area contributed by atoms with Gasteiger partial charge in [0, 0.05) is 26.6 Å². The molecule has 0 aromatic rings. The summed E-state index contributed by atoms with van der Waals surface area (Å²) >= 11 is 0. The SMILES string of the molecule is COC(=O)CCC(=O)N(C)CCN. The molecule has 5 heteroatoms. The van der Waals surface area contributed by atoms with Crippen LogP contribution in [0.2, 0.25) is 0 Å². The van der Waals surface area contributed by atoms with E-state index in [0.717, 1.165) is 0 Å². The minimum atomic E-state index is -0.366. The summed E-state index contributed by atoms with van der Waals surface area (Å²) in [6.07, 6.45) is 0.313. The van der Waals surface area contributed by atoms with Crippen LogP contribution in [0.15, 0.2) is 0 Å². The first-order valence-corrected chi connectivity index (χ1v) is 4.12. The molecule has 0 heterocycles. The Morgan fingerprint density at radius 2 is 2.00 bits per heavy atom. The van der Waals surface area contributed by atoms with Crippen molar-refractivity contribution in [2.45, 2.75) is 12.8 Å². The molecule has 0 aromatic carbocycles. The van der Waals surface area contributed by atoms with E-state index >= 15 is 0 Å². The molecule has 76 valence electrons. The van der Waals surface area contributed by atoms with E-state index in [1.807, 2.05) is 0 Å². The number of hydrogen-bond acceptors (Lipinski definition) is 4. The molecule has 0 fully saturated rings. The minimum Gasteiger partial charge on any atom is -0.469 e. The molecule has 2 N–H and O–H groups in total. The zero-order valence-corrected chi connectivity index (χ0v) is 8.08. The van der Waals surface area contributed by atoms with Crippen molar-refractivity contribution in [3.63, 3.8) is 0 Å². The van der Waals surface area contributed by atoms with Gasteiger partial charge in [-0.1, -0.05) is 0 Å². The predicted octanol–water partition coefficient (Wildman–Crippen LogP) is -0.643. The number of likely N-dealkylation sites (N-methyl/N-ethyl adjacent to an activating group) is 1. The number of ether oxygens (including phenoxy) is 1. The Balaban J connectivity index is 3.67. The molecule has 0 aliphatic heterocycles. The van der Waals surface area contributed by atoms with Crippen molar-refractivity contribution in [3.8, 4) is 0 Å². The van der Waals surface area contributed by atoms with Gasteiger partial charge in [-0.05, 0) is 0 Å². The van der Waals surface area contributed by atoms with E-state index in [1.54, 1.807) is 7.05 Å². The van der Waals surface area contributed by atoms with Crippen molar-refractivity contribution < 1.29 is 14.3 Å². The number of amides is 1. The molecule has 5 nitrogen and oxygen atoms in total. The topological polar surface area (TPSA) is 72.6 Å². The molecule has 0 rings (SSSR count). The molecule has 0 aromatic heterocycles. The summed E-state index contributed by atoms with van der Waals surface area (Å²) in [6, 6.07) is 0. The maximum absolute atomic E-state index is 11.2.